The van der Waals surface area contributed by atoms with E-state index in [1.807, 2.05) is 0 Å². The van der Waals surface area contributed by atoms with Crippen molar-refractivity contribution in [1.82, 2.24) is 5.32 Å². The fraction of sp³-hybridized carbons (Fsp3) is 0.400. The molecule has 0 spiro atoms. The molecule has 1 aliphatic heterocycles. The monoisotopic (exact) mass is 322 g/mol. The number of anilines is 1. The number of hydrogen-bond acceptors (Lipinski definition) is 6. The lowest BCUT2D eigenvalue weighted by atomic mass is 10.2. The first-order valence-electron chi connectivity index (χ1n) is 7.01. The van der Waals surface area contributed by atoms with Gasteiger partial charge in [0, 0.05) is 12.5 Å². The van der Waals surface area contributed by atoms with Crippen LogP contribution in [0, 0.1) is 0 Å². The lowest BCUT2D eigenvalue weighted by molar-refractivity contribution is -0.149. The van der Waals surface area contributed by atoms with E-state index in [0.717, 1.165) is 0 Å². The van der Waals surface area contributed by atoms with E-state index in [-0.39, 0.29) is 12.3 Å². The third-order valence-corrected chi connectivity index (χ3v) is 3.31. The molecule has 1 aromatic rings. The Kier molecular flexibility index (Phi) is 5.40. The van der Waals surface area contributed by atoms with Gasteiger partial charge in [-0.2, -0.15) is 0 Å². The van der Waals surface area contributed by atoms with Crippen molar-refractivity contribution in [3.8, 4) is 11.5 Å². The molecule has 2 rings (SSSR count). The van der Waals surface area contributed by atoms with E-state index in [1.165, 1.54) is 14.2 Å². The molecule has 1 saturated heterocycles. The summed E-state index contributed by atoms with van der Waals surface area (Å²) in [4.78, 5) is 34.6. The normalized spacial score (nSPS) is 16.4. The Morgan fingerprint density at radius 2 is 2.09 bits per heavy atom. The third kappa shape index (κ3) is 4.35. The molecule has 2 N–H and O–H groups in total. The second-order valence-corrected chi connectivity index (χ2v) is 4.88. The number of ether oxygens (including phenoxy) is 3. The van der Waals surface area contributed by atoms with Crippen LogP contribution in [0.4, 0.5) is 5.69 Å². The molecule has 0 saturated carbocycles. The highest BCUT2D eigenvalue weighted by Gasteiger charge is 2.28. The maximum atomic E-state index is 11.9. The minimum Gasteiger partial charge on any atom is -0.497 e. The van der Waals surface area contributed by atoms with Gasteiger partial charge in [0.2, 0.25) is 5.91 Å². The number of rotatable bonds is 6. The number of nitrogens with one attached hydrogen (secondary N) is 2. The van der Waals surface area contributed by atoms with E-state index in [1.54, 1.807) is 18.2 Å². The van der Waals surface area contributed by atoms with Gasteiger partial charge in [-0.05, 0) is 18.6 Å². The number of amides is 2. The molecule has 124 valence electrons. The molecule has 1 heterocycles. The van der Waals surface area contributed by atoms with Gasteiger partial charge < -0.3 is 24.8 Å². The Morgan fingerprint density at radius 1 is 1.30 bits per heavy atom. The maximum absolute atomic E-state index is 11.9. The highest BCUT2D eigenvalue weighted by molar-refractivity contribution is 5.95. The Balaban J connectivity index is 1.89. The van der Waals surface area contributed by atoms with Gasteiger partial charge in [-0.3, -0.25) is 9.59 Å². The smallest absolute Gasteiger partial charge is 0.329 e. The number of carbonyl (C=O) groups is 3. The zero-order chi connectivity index (χ0) is 16.8. The van der Waals surface area contributed by atoms with Crippen LogP contribution < -0.4 is 20.1 Å². The standard InChI is InChI=1S/C15H18N2O6/c1-21-9-3-5-12(22-2)11(7-9)17-14(19)8-23-15(20)10-4-6-13(18)16-10/h3,5,7,10H,4,6,8H2,1-2H3,(H,16,18)(H,17,19)/t10-/m1/s1. The van der Waals surface area contributed by atoms with Gasteiger partial charge >= 0.3 is 5.97 Å². The van der Waals surface area contributed by atoms with Gasteiger partial charge in [0.15, 0.2) is 6.61 Å². The fourth-order valence-electron chi connectivity index (χ4n) is 2.13. The summed E-state index contributed by atoms with van der Waals surface area (Å²) in [5.41, 5.74) is 0.405. The van der Waals surface area contributed by atoms with E-state index >= 15 is 0 Å². The molecule has 1 aliphatic rings. The van der Waals surface area contributed by atoms with E-state index in [2.05, 4.69) is 10.6 Å². The first kappa shape index (κ1) is 16.6. The molecule has 8 heteroatoms. The maximum Gasteiger partial charge on any atom is 0.329 e. The van der Waals surface area contributed by atoms with E-state index < -0.39 is 24.5 Å². The second-order valence-electron chi connectivity index (χ2n) is 4.88. The molecule has 0 bridgehead atoms. The van der Waals surface area contributed by atoms with Gasteiger partial charge in [-0.25, -0.2) is 4.79 Å². The van der Waals surface area contributed by atoms with Crippen molar-refractivity contribution in [3.63, 3.8) is 0 Å². The summed E-state index contributed by atoms with van der Waals surface area (Å²) in [7, 11) is 2.98. The highest BCUT2D eigenvalue weighted by Crippen LogP contribution is 2.28. The summed E-state index contributed by atoms with van der Waals surface area (Å²) < 4.78 is 15.1. The molecule has 0 aliphatic carbocycles. The van der Waals surface area contributed by atoms with Crippen LogP contribution in [0.3, 0.4) is 0 Å². The third-order valence-electron chi connectivity index (χ3n) is 3.31. The van der Waals surface area contributed by atoms with Crippen molar-refractivity contribution in [2.24, 2.45) is 0 Å². The molecular formula is C15H18N2O6. The largest absolute Gasteiger partial charge is 0.497 e. The zero-order valence-corrected chi connectivity index (χ0v) is 12.9. The van der Waals surface area contributed by atoms with E-state index in [4.69, 9.17) is 14.2 Å². The molecule has 8 nitrogen and oxygen atoms in total. The van der Waals surface area contributed by atoms with Crippen LogP contribution >= 0.6 is 0 Å². The molecule has 1 atom stereocenters. The molecule has 0 radical (unpaired) electrons. The van der Waals surface area contributed by atoms with Crippen LogP contribution in [0.15, 0.2) is 18.2 Å². The van der Waals surface area contributed by atoms with Crippen molar-refractivity contribution in [3.05, 3.63) is 18.2 Å². The molecular weight excluding hydrogens is 304 g/mol. The predicted molar refractivity (Wildman–Crippen MR) is 80.3 cm³/mol. The summed E-state index contributed by atoms with van der Waals surface area (Å²) >= 11 is 0. The van der Waals surface area contributed by atoms with Crippen molar-refractivity contribution >= 4 is 23.5 Å². The van der Waals surface area contributed by atoms with Crippen molar-refractivity contribution in [2.75, 3.05) is 26.1 Å². The van der Waals surface area contributed by atoms with Crippen LogP contribution in [0.2, 0.25) is 0 Å². The number of esters is 1. The summed E-state index contributed by atoms with van der Waals surface area (Å²) in [6.45, 7) is -0.453. The SMILES string of the molecule is COc1ccc(OC)c(NC(=O)COC(=O)[C@H]2CCC(=O)N2)c1. The summed E-state index contributed by atoms with van der Waals surface area (Å²) in [5, 5.41) is 5.06. The highest BCUT2D eigenvalue weighted by atomic mass is 16.5. The summed E-state index contributed by atoms with van der Waals surface area (Å²) in [6.07, 6.45) is 0.663. The van der Waals surface area contributed by atoms with E-state index in [9.17, 15) is 14.4 Å². The average Bonchev–Trinajstić information content (AvgIpc) is 2.99. The quantitative estimate of drug-likeness (QED) is 0.738. The molecule has 23 heavy (non-hydrogen) atoms. The van der Waals surface area contributed by atoms with Crippen LogP contribution in [-0.2, 0) is 19.1 Å². The number of carbonyl (C=O) groups excluding carboxylic acids is 3. The zero-order valence-electron chi connectivity index (χ0n) is 12.9. The molecule has 1 aromatic carbocycles. The number of methoxy groups -OCH3 is 2. The lowest BCUT2D eigenvalue weighted by Gasteiger charge is -2.13. The average molecular weight is 322 g/mol. The summed E-state index contributed by atoms with van der Waals surface area (Å²) in [5.74, 6) is -0.337. The number of hydrogen-bond donors (Lipinski definition) is 2. The molecule has 0 unspecified atom stereocenters. The Labute approximate surface area is 133 Å². The minimum atomic E-state index is -0.679. The first-order valence-corrected chi connectivity index (χ1v) is 7.01. The van der Waals surface area contributed by atoms with Gasteiger partial charge in [-0.15, -0.1) is 0 Å². The van der Waals surface area contributed by atoms with Gasteiger partial charge in [-0.1, -0.05) is 0 Å². The summed E-state index contributed by atoms with van der Waals surface area (Å²) in [6, 6.07) is 4.25. The Bertz CT molecular complexity index is 616. The molecule has 2 amide bonds. The van der Waals surface area contributed by atoms with Crippen LogP contribution in [0.1, 0.15) is 12.8 Å². The van der Waals surface area contributed by atoms with Gasteiger partial charge in [0.1, 0.15) is 17.5 Å². The van der Waals surface area contributed by atoms with Crippen LogP contribution in [0.5, 0.6) is 11.5 Å². The lowest BCUT2D eigenvalue weighted by Crippen LogP contribution is -2.36. The molecule has 0 aromatic heterocycles. The predicted octanol–water partition coefficient (Wildman–Crippen LogP) is 0.464. The number of benzene rings is 1. The Morgan fingerprint density at radius 3 is 2.70 bits per heavy atom. The topological polar surface area (TPSA) is 103 Å². The molecule has 1 fully saturated rings. The van der Waals surface area contributed by atoms with Crippen molar-refractivity contribution < 1.29 is 28.6 Å². The van der Waals surface area contributed by atoms with Crippen molar-refractivity contribution in [1.29, 1.82) is 0 Å². The van der Waals surface area contributed by atoms with Crippen LogP contribution in [0.25, 0.3) is 0 Å². The fourth-order valence-corrected chi connectivity index (χ4v) is 2.13. The minimum absolute atomic E-state index is 0.197. The van der Waals surface area contributed by atoms with Gasteiger partial charge in [0.05, 0.1) is 19.9 Å². The van der Waals surface area contributed by atoms with Crippen LogP contribution in [-0.4, -0.2) is 44.7 Å². The first-order chi connectivity index (χ1) is 11.0. The van der Waals surface area contributed by atoms with Crippen molar-refractivity contribution in [2.45, 2.75) is 18.9 Å². The Hall–Kier alpha value is -2.77. The van der Waals surface area contributed by atoms with E-state index in [0.29, 0.717) is 23.6 Å². The second kappa shape index (κ2) is 7.48. The van der Waals surface area contributed by atoms with Gasteiger partial charge in [0.25, 0.3) is 5.91 Å².